The van der Waals surface area contributed by atoms with Crippen LogP contribution in [0.2, 0.25) is 0 Å². The molecule has 0 spiro atoms. The number of nitrogens with one attached hydrogen (secondary N) is 2. The van der Waals surface area contributed by atoms with Crippen molar-refractivity contribution in [2.75, 3.05) is 6.54 Å². The number of carbonyl (C=O) groups is 3. The van der Waals surface area contributed by atoms with E-state index in [-0.39, 0.29) is 18.1 Å². The standard InChI is InChI=1S/C21H28N2O4/c1-13-18(15-9-6-7-10-16(15)23-13)19(25)14(2)27-17(24)11-8-12-22-20(26)21(3,4)5/h6-7,9-10,14,23H,8,11-12H2,1-5H3,(H,22,26). The zero-order valence-corrected chi connectivity index (χ0v) is 16.6. The number of H-pyrrole nitrogens is 1. The summed E-state index contributed by atoms with van der Waals surface area (Å²) in [6.07, 6.45) is -0.248. The molecule has 6 heteroatoms. The first-order valence-corrected chi connectivity index (χ1v) is 9.20. The van der Waals surface area contributed by atoms with Crippen molar-refractivity contribution in [3.05, 3.63) is 35.5 Å². The van der Waals surface area contributed by atoms with Crippen LogP contribution in [0.25, 0.3) is 10.9 Å². The van der Waals surface area contributed by atoms with Crippen molar-refractivity contribution in [2.45, 2.75) is 53.6 Å². The number of fused-ring (bicyclic) bond motifs is 1. The lowest BCUT2D eigenvalue weighted by molar-refractivity contribution is -0.146. The number of para-hydroxylation sites is 1. The number of aromatic amines is 1. The number of Topliss-reactive ketones (excluding diaryl/α,β-unsaturated/α-hetero) is 1. The molecule has 1 atom stereocenters. The van der Waals surface area contributed by atoms with Crippen LogP contribution in [0, 0.1) is 12.3 Å². The van der Waals surface area contributed by atoms with Crippen molar-refractivity contribution in [3.8, 4) is 0 Å². The van der Waals surface area contributed by atoms with Crippen LogP contribution < -0.4 is 5.32 Å². The maximum absolute atomic E-state index is 12.8. The highest BCUT2D eigenvalue weighted by atomic mass is 16.5. The minimum atomic E-state index is -0.862. The minimum Gasteiger partial charge on any atom is -0.454 e. The maximum atomic E-state index is 12.8. The molecule has 1 heterocycles. The Morgan fingerprint density at radius 3 is 2.52 bits per heavy atom. The lowest BCUT2D eigenvalue weighted by Crippen LogP contribution is -2.35. The van der Waals surface area contributed by atoms with E-state index in [1.54, 1.807) is 6.92 Å². The van der Waals surface area contributed by atoms with Crippen molar-refractivity contribution in [1.82, 2.24) is 10.3 Å². The molecule has 0 aliphatic carbocycles. The summed E-state index contributed by atoms with van der Waals surface area (Å²) in [5.74, 6) is -0.730. The van der Waals surface area contributed by atoms with Crippen molar-refractivity contribution in [2.24, 2.45) is 5.41 Å². The number of benzene rings is 1. The summed E-state index contributed by atoms with van der Waals surface area (Å²) >= 11 is 0. The van der Waals surface area contributed by atoms with Gasteiger partial charge in [-0.3, -0.25) is 14.4 Å². The first-order chi connectivity index (χ1) is 12.6. The molecule has 2 aromatic rings. The fourth-order valence-electron chi connectivity index (χ4n) is 2.81. The van der Waals surface area contributed by atoms with Crippen LogP contribution in [0.3, 0.4) is 0 Å². The molecule has 0 aliphatic heterocycles. The second-order valence-corrected chi connectivity index (χ2v) is 7.78. The van der Waals surface area contributed by atoms with Crippen LogP contribution in [-0.2, 0) is 14.3 Å². The van der Waals surface area contributed by atoms with E-state index in [4.69, 9.17) is 4.74 Å². The molecule has 27 heavy (non-hydrogen) atoms. The molecule has 6 nitrogen and oxygen atoms in total. The summed E-state index contributed by atoms with van der Waals surface area (Å²) in [6, 6.07) is 7.55. The van der Waals surface area contributed by atoms with Crippen LogP contribution in [0.15, 0.2) is 24.3 Å². The van der Waals surface area contributed by atoms with Gasteiger partial charge in [-0.15, -0.1) is 0 Å². The van der Waals surface area contributed by atoms with E-state index in [0.717, 1.165) is 16.6 Å². The van der Waals surface area contributed by atoms with Gasteiger partial charge < -0.3 is 15.0 Å². The Morgan fingerprint density at radius 1 is 1.19 bits per heavy atom. The van der Waals surface area contributed by atoms with E-state index < -0.39 is 17.5 Å². The fourth-order valence-corrected chi connectivity index (χ4v) is 2.81. The predicted octanol–water partition coefficient (Wildman–Crippen LogP) is 3.53. The number of ketones is 1. The number of ether oxygens (including phenoxy) is 1. The first kappa shape index (κ1) is 20.7. The Morgan fingerprint density at radius 2 is 1.85 bits per heavy atom. The molecule has 0 bridgehead atoms. The van der Waals surface area contributed by atoms with Crippen LogP contribution in [0.5, 0.6) is 0 Å². The molecule has 0 aliphatic rings. The van der Waals surface area contributed by atoms with E-state index in [1.165, 1.54) is 0 Å². The Balaban J connectivity index is 1.88. The van der Waals surface area contributed by atoms with Gasteiger partial charge in [-0.05, 0) is 26.3 Å². The number of rotatable bonds is 7. The molecule has 1 unspecified atom stereocenters. The third-order valence-electron chi connectivity index (χ3n) is 4.34. The maximum Gasteiger partial charge on any atom is 0.306 e. The number of hydrogen-bond donors (Lipinski definition) is 2. The lowest BCUT2D eigenvalue weighted by atomic mass is 9.96. The van der Waals surface area contributed by atoms with Gasteiger partial charge in [0.15, 0.2) is 6.10 Å². The zero-order valence-electron chi connectivity index (χ0n) is 16.6. The molecule has 1 amide bonds. The number of aryl methyl sites for hydroxylation is 1. The molecular weight excluding hydrogens is 344 g/mol. The van der Waals surface area contributed by atoms with Crippen LogP contribution >= 0.6 is 0 Å². The van der Waals surface area contributed by atoms with Gasteiger partial charge in [-0.25, -0.2) is 0 Å². The molecule has 0 saturated carbocycles. The fraction of sp³-hybridized carbons (Fsp3) is 0.476. The molecule has 1 aromatic carbocycles. The Labute approximate surface area is 159 Å². The SMILES string of the molecule is Cc1[nH]c2ccccc2c1C(=O)C(C)OC(=O)CCCNC(=O)C(C)(C)C. The molecule has 1 aromatic heterocycles. The van der Waals surface area contributed by atoms with Crippen LogP contribution in [-0.4, -0.2) is 35.3 Å². The monoisotopic (exact) mass is 372 g/mol. The highest BCUT2D eigenvalue weighted by Crippen LogP contribution is 2.24. The summed E-state index contributed by atoms with van der Waals surface area (Å²) < 4.78 is 5.30. The molecule has 2 N–H and O–H groups in total. The summed E-state index contributed by atoms with van der Waals surface area (Å²) in [5.41, 5.74) is 1.74. The van der Waals surface area contributed by atoms with E-state index in [0.29, 0.717) is 18.5 Å². The average molecular weight is 372 g/mol. The second-order valence-electron chi connectivity index (χ2n) is 7.78. The average Bonchev–Trinajstić information content (AvgIpc) is 2.92. The number of amides is 1. The third-order valence-corrected chi connectivity index (χ3v) is 4.34. The Bertz CT molecular complexity index is 845. The molecule has 0 saturated heterocycles. The molecule has 146 valence electrons. The van der Waals surface area contributed by atoms with Crippen molar-refractivity contribution in [1.29, 1.82) is 0 Å². The largest absolute Gasteiger partial charge is 0.454 e. The highest BCUT2D eigenvalue weighted by molar-refractivity contribution is 6.11. The van der Waals surface area contributed by atoms with Gasteiger partial charge in [0.05, 0.1) is 0 Å². The van der Waals surface area contributed by atoms with Gasteiger partial charge in [0.2, 0.25) is 11.7 Å². The van der Waals surface area contributed by atoms with E-state index in [2.05, 4.69) is 10.3 Å². The molecule has 2 rings (SSSR count). The van der Waals surface area contributed by atoms with Gasteiger partial charge in [0.25, 0.3) is 0 Å². The Hall–Kier alpha value is -2.63. The highest BCUT2D eigenvalue weighted by Gasteiger charge is 2.24. The molecule has 0 fully saturated rings. The van der Waals surface area contributed by atoms with Gasteiger partial charge in [0.1, 0.15) is 0 Å². The third kappa shape index (κ3) is 5.18. The quantitative estimate of drug-likeness (QED) is 0.442. The first-order valence-electron chi connectivity index (χ1n) is 9.20. The van der Waals surface area contributed by atoms with Crippen LogP contribution in [0.4, 0.5) is 0 Å². The predicted molar refractivity (Wildman–Crippen MR) is 105 cm³/mol. The van der Waals surface area contributed by atoms with Crippen molar-refractivity contribution < 1.29 is 19.1 Å². The number of carbonyl (C=O) groups excluding carboxylic acids is 3. The lowest BCUT2D eigenvalue weighted by Gasteiger charge is -2.17. The summed E-state index contributed by atoms with van der Waals surface area (Å²) in [4.78, 5) is 39.7. The van der Waals surface area contributed by atoms with E-state index in [9.17, 15) is 14.4 Å². The number of hydrogen-bond acceptors (Lipinski definition) is 4. The summed E-state index contributed by atoms with van der Waals surface area (Å²) in [7, 11) is 0. The molecule has 0 radical (unpaired) electrons. The van der Waals surface area contributed by atoms with Gasteiger partial charge in [-0.1, -0.05) is 39.0 Å². The zero-order chi connectivity index (χ0) is 20.2. The van der Waals surface area contributed by atoms with Gasteiger partial charge in [-0.2, -0.15) is 0 Å². The van der Waals surface area contributed by atoms with Crippen LogP contribution in [0.1, 0.15) is 56.6 Å². The number of esters is 1. The van der Waals surface area contributed by atoms with E-state index in [1.807, 2.05) is 52.0 Å². The Kier molecular flexibility index (Phi) is 6.41. The topological polar surface area (TPSA) is 88.3 Å². The van der Waals surface area contributed by atoms with Crippen molar-refractivity contribution >= 4 is 28.6 Å². The number of aromatic nitrogens is 1. The summed E-state index contributed by atoms with van der Waals surface area (Å²) in [6.45, 7) is 9.31. The second kappa shape index (κ2) is 8.37. The van der Waals surface area contributed by atoms with Gasteiger partial charge in [0, 0.05) is 40.5 Å². The van der Waals surface area contributed by atoms with E-state index >= 15 is 0 Å². The minimum absolute atomic E-state index is 0.0609. The summed E-state index contributed by atoms with van der Waals surface area (Å²) in [5, 5.41) is 3.61. The molecular formula is C21H28N2O4. The van der Waals surface area contributed by atoms with Gasteiger partial charge >= 0.3 is 5.97 Å². The normalized spacial score (nSPS) is 12.6. The smallest absolute Gasteiger partial charge is 0.306 e. The van der Waals surface area contributed by atoms with Crippen molar-refractivity contribution in [3.63, 3.8) is 0 Å².